The zero-order chi connectivity index (χ0) is 10.7. The maximum absolute atomic E-state index is 8.73. The maximum atomic E-state index is 8.73. The van der Waals surface area contributed by atoms with E-state index in [-0.39, 0.29) is 0 Å². The fraction of sp³-hybridized carbons (Fsp3) is 0.462. The van der Waals surface area contributed by atoms with Crippen molar-refractivity contribution in [1.29, 1.82) is 5.26 Å². The van der Waals surface area contributed by atoms with Gasteiger partial charge in [-0.2, -0.15) is 5.26 Å². The quantitative estimate of drug-likeness (QED) is 0.755. The number of nitrogens with zero attached hydrogens (tertiary/aromatic N) is 1. The first-order valence-electron chi connectivity index (χ1n) is 5.52. The van der Waals surface area contributed by atoms with E-state index < -0.39 is 0 Å². The summed E-state index contributed by atoms with van der Waals surface area (Å²) in [5.74, 6) is 1.34. The van der Waals surface area contributed by atoms with Crippen LogP contribution < -0.4 is 5.32 Å². The van der Waals surface area contributed by atoms with Crippen molar-refractivity contribution in [2.75, 3.05) is 13.1 Å². The molecule has 1 fully saturated rings. The molecule has 1 aliphatic rings. The van der Waals surface area contributed by atoms with Gasteiger partial charge in [0.15, 0.2) is 0 Å². The standard InChI is InChI=1S/C13H16N2/c1-10-6-7-15-9-13(10)12-4-2-11(8-14)3-5-12/h2-5,10,13,15H,6-7,9H2,1H3. The lowest BCUT2D eigenvalue weighted by molar-refractivity contribution is 0.348. The molecule has 2 nitrogen and oxygen atoms in total. The first-order valence-corrected chi connectivity index (χ1v) is 5.52. The van der Waals surface area contributed by atoms with Crippen molar-refractivity contribution in [3.05, 3.63) is 35.4 Å². The second-order valence-electron chi connectivity index (χ2n) is 4.31. The molecule has 1 aliphatic heterocycles. The Bertz CT molecular complexity index is 361. The van der Waals surface area contributed by atoms with Gasteiger partial charge in [-0.15, -0.1) is 0 Å². The van der Waals surface area contributed by atoms with E-state index in [9.17, 15) is 0 Å². The highest BCUT2D eigenvalue weighted by atomic mass is 14.9. The van der Waals surface area contributed by atoms with E-state index in [1.165, 1.54) is 12.0 Å². The van der Waals surface area contributed by atoms with E-state index >= 15 is 0 Å². The van der Waals surface area contributed by atoms with Gasteiger partial charge in [0.05, 0.1) is 11.6 Å². The summed E-state index contributed by atoms with van der Waals surface area (Å²) in [5.41, 5.74) is 2.10. The van der Waals surface area contributed by atoms with Gasteiger partial charge in [-0.1, -0.05) is 19.1 Å². The minimum absolute atomic E-state index is 0.603. The molecule has 0 aliphatic carbocycles. The first-order chi connectivity index (χ1) is 7.31. The van der Waals surface area contributed by atoms with E-state index in [1.807, 2.05) is 12.1 Å². The van der Waals surface area contributed by atoms with Gasteiger partial charge in [-0.3, -0.25) is 0 Å². The zero-order valence-electron chi connectivity index (χ0n) is 9.03. The minimum Gasteiger partial charge on any atom is -0.316 e. The summed E-state index contributed by atoms with van der Waals surface area (Å²) < 4.78 is 0. The molecule has 1 saturated heterocycles. The molecule has 0 bridgehead atoms. The lowest BCUT2D eigenvalue weighted by atomic mass is 9.82. The molecule has 0 saturated carbocycles. The summed E-state index contributed by atoms with van der Waals surface area (Å²) in [4.78, 5) is 0. The summed E-state index contributed by atoms with van der Waals surface area (Å²) in [5, 5.41) is 12.2. The van der Waals surface area contributed by atoms with Crippen LogP contribution in [0.15, 0.2) is 24.3 Å². The van der Waals surface area contributed by atoms with Crippen LogP contribution in [-0.2, 0) is 0 Å². The maximum Gasteiger partial charge on any atom is 0.0991 e. The third kappa shape index (κ3) is 2.19. The monoisotopic (exact) mass is 200 g/mol. The molecule has 1 N–H and O–H groups in total. The Labute approximate surface area is 90.9 Å². The molecule has 78 valence electrons. The van der Waals surface area contributed by atoms with Crippen molar-refractivity contribution in [2.24, 2.45) is 5.92 Å². The van der Waals surface area contributed by atoms with Crippen molar-refractivity contribution in [3.63, 3.8) is 0 Å². The number of hydrogen-bond donors (Lipinski definition) is 1. The average molecular weight is 200 g/mol. The van der Waals surface area contributed by atoms with Gasteiger partial charge in [0.1, 0.15) is 0 Å². The van der Waals surface area contributed by atoms with Crippen molar-refractivity contribution < 1.29 is 0 Å². The number of rotatable bonds is 1. The van der Waals surface area contributed by atoms with Gasteiger partial charge in [0.2, 0.25) is 0 Å². The Balaban J connectivity index is 2.18. The van der Waals surface area contributed by atoms with E-state index in [1.54, 1.807) is 0 Å². The van der Waals surface area contributed by atoms with E-state index in [0.717, 1.165) is 24.6 Å². The van der Waals surface area contributed by atoms with Crippen molar-refractivity contribution >= 4 is 0 Å². The van der Waals surface area contributed by atoms with E-state index in [0.29, 0.717) is 5.92 Å². The molecule has 1 heterocycles. The van der Waals surface area contributed by atoms with Crippen molar-refractivity contribution in [1.82, 2.24) is 5.32 Å². The van der Waals surface area contributed by atoms with Gasteiger partial charge < -0.3 is 5.32 Å². The Morgan fingerprint density at radius 2 is 2.07 bits per heavy atom. The largest absolute Gasteiger partial charge is 0.316 e. The highest BCUT2D eigenvalue weighted by Crippen LogP contribution is 2.28. The fourth-order valence-electron chi connectivity index (χ4n) is 2.24. The Morgan fingerprint density at radius 3 is 2.67 bits per heavy atom. The number of benzene rings is 1. The predicted molar refractivity (Wildman–Crippen MR) is 60.5 cm³/mol. The Hall–Kier alpha value is -1.33. The summed E-state index contributed by atoms with van der Waals surface area (Å²) in [6.07, 6.45) is 1.24. The molecule has 15 heavy (non-hydrogen) atoms. The first kappa shape index (κ1) is 10.2. The molecule has 2 atom stereocenters. The Kier molecular flexibility index (Phi) is 3.03. The van der Waals surface area contributed by atoms with Crippen LogP contribution in [0, 0.1) is 17.2 Å². The van der Waals surface area contributed by atoms with Crippen molar-refractivity contribution in [2.45, 2.75) is 19.3 Å². The molecule has 0 spiro atoms. The SMILES string of the molecule is CC1CCNCC1c1ccc(C#N)cc1. The summed E-state index contributed by atoms with van der Waals surface area (Å²) >= 11 is 0. The lowest BCUT2D eigenvalue weighted by Gasteiger charge is -2.29. The van der Waals surface area contributed by atoms with Crippen LogP contribution in [0.2, 0.25) is 0 Å². The van der Waals surface area contributed by atoms with Crippen LogP contribution >= 0.6 is 0 Å². The molecule has 0 aromatic heterocycles. The average Bonchev–Trinajstić information content (AvgIpc) is 2.30. The normalized spacial score (nSPS) is 25.9. The van der Waals surface area contributed by atoms with Crippen LogP contribution in [0.5, 0.6) is 0 Å². The van der Waals surface area contributed by atoms with Gasteiger partial charge in [0.25, 0.3) is 0 Å². The molecule has 2 rings (SSSR count). The third-order valence-electron chi connectivity index (χ3n) is 3.30. The summed E-state index contributed by atoms with van der Waals surface area (Å²) in [6.45, 7) is 4.50. The third-order valence-corrected chi connectivity index (χ3v) is 3.30. The van der Waals surface area contributed by atoms with E-state index in [4.69, 9.17) is 5.26 Å². The minimum atomic E-state index is 0.603. The van der Waals surface area contributed by atoms with Crippen LogP contribution in [0.4, 0.5) is 0 Å². The summed E-state index contributed by atoms with van der Waals surface area (Å²) in [7, 11) is 0. The second kappa shape index (κ2) is 4.46. The van der Waals surface area contributed by atoms with Crippen LogP contribution in [0.25, 0.3) is 0 Å². The highest BCUT2D eigenvalue weighted by molar-refractivity contribution is 5.33. The molecule has 0 radical (unpaired) electrons. The zero-order valence-corrected chi connectivity index (χ0v) is 9.03. The topological polar surface area (TPSA) is 35.8 Å². The lowest BCUT2D eigenvalue weighted by Crippen LogP contribution is -2.33. The molecule has 2 unspecified atom stereocenters. The molecular formula is C13H16N2. The second-order valence-corrected chi connectivity index (χ2v) is 4.31. The van der Waals surface area contributed by atoms with Gasteiger partial charge >= 0.3 is 0 Å². The molecular weight excluding hydrogens is 184 g/mol. The number of piperidine rings is 1. The predicted octanol–water partition coefficient (Wildman–Crippen LogP) is 2.27. The highest BCUT2D eigenvalue weighted by Gasteiger charge is 2.22. The van der Waals surface area contributed by atoms with E-state index in [2.05, 4.69) is 30.4 Å². The molecule has 1 aromatic carbocycles. The van der Waals surface area contributed by atoms with Crippen LogP contribution in [0.3, 0.4) is 0 Å². The fourth-order valence-corrected chi connectivity index (χ4v) is 2.24. The van der Waals surface area contributed by atoms with Gasteiger partial charge in [-0.05, 0) is 42.5 Å². The van der Waals surface area contributed by atoms with Crippen molar-refractivity contribution in [3.8, 4) is 6.07 Å². The Morgan fingerprint density at radius 1 is 1.33 bits per heavy atom. The smallest absolute Gasteiger partial charge is 0.0991 e. The van der Waals surface area contributed by atoms with Gasteiger partial charge in [-0.25, -0.2) is 0 Å². The molecule has 1 aromatic rings. The van der Waals surface area contributed by atoms with Crippen LogP contribution in [-0.4, -0.2) is 13.1 Å². The van der Waals surface area contributed by atoms with Crippen LogP contribution in [0.1, 0.15) is 30.4 Å². The number of nitriles is 1. The molecule has 2 heteroatoms. The number of nitrogens with one attached hydrogen (secondary N) is 1. The summed E-state index contributed by atoms with van der Waals surface area (Å²) in [6, 6.07) is 10.2. The molecule has 0 amide bonds. The van der Waals surface area contributed by atoms with Gasteiger partial charge in [0, 0.05) is 6.54 Å². The number of hydrogen-bond acceptors (Lipinski definition) is 2.